The molecule has 0 aromatic rings. The standard InChI is InChI=1S/C18H28N4O3/c23-15(13-4-5-13)19-14-6-10-21(11-7-14)12-22-16(24)18(20-17(22)25)8-2-1-3-9-18/h13-14H,1-12H2,(H,19,23)(H,20,25). The monoisotopic (exact) mass is 348 g/mol. The predicted molar refractivity (Wildman–Crippen MR) is 91.5 cm³/mol. The molecule has 0 unspecified atom stereocenters. The summed E-state index contributed by atoms with van der Waals surface area (Å²) in [5.74, 6) is 0.406. The van der Waals surface area contributed by atoms with E-state index in [0.717, 1.165) is 70.9 Å². The maximum Gasteiger partial charge on any atom is 0.326 e. The van der Waals surface area contributed by atoms with Gasteiger partial charge in [0, 0.05) is 25.0 Å². The highest BCUT2D eigenvalue weighted by molar-refractivity contribution is 6.07. The summed E-state index contributed by atoms with van der Waals surface area (Å²) >= 11 is 0. The topological polar surface area (TPSA) is 81.8 Å². The second-order valence-corrected chi connectivity index (χ2v) is 8.12. The molecule has 2 aliphatic carbocycles. The Bertz CT molecular complexity index is 561. The summed E-state index contributed by atoms with van der Waals surface area (Å²) < 4.78 is 0. The van der Waals surface area contributed by atoms with Crippen molar-refractivity contribution in [3.05, 3.63) is 0 Å². The van der Waals surface area contributed by atoms with E-state index >= 15 is 0 Å². The van der Waals surface area contributed by atoms with Gasteiger partial charge in [-0.2, -0.15) is 0 Å². The van der Waals surface area contributed by atoms with Gasteiger partial charge in [-0.15, -0.1) is 0 Å². The molecule has 4 aliphatic rings. The van der Waals surface area contributed by atoms with Gasteiger partial charge in [0.1, 0.15) is 5.54 Å². The maximum atomic E-state index is 12.8. The van der Waals surface area contributed by atoms with E-state index in [1.165, 1.54) is 4.90 Å². The average Bonchev–Trinajstić information content (AvgIpc) is 3.43. The average molecular weight is 348 g/mol. The van der Waals surface area contributed by atoms with Crippen molar-refractivity contribution in [2.24, 2.45) is 5.92 Å². The van der Waals surface area contributed by atoms with Crippen LogP contribution in [0.1, 0.15) is 57.8 Å². The fourth-order valence-electron chi connectivity index (χ4n) is 4.38. The second-order valence-electron chi connectivity index (χ2n) is 8.12. The summed E-state index contributed by atoms with van der Waals surface area (Å²) in [6.45, 7) is 1.98. The van der Waals surface area contributed by atoms with Crippen molar-refractivity contribution >= 4 is 17.8 Å². The van der Waals surface area contributed by atoms with Crippen molar-refractivity contribution < 1.29 is 14.4 Å². The number of hydrogen-bond acceptors (Lipinski definition) is 4. The zero-order valence-electron chi connectivity index (χ0n) is 14.8. The summed E-state index contributed by atoms with van der Waals surface area (Å²) in [7, 11) is 0. The molecule has 4 amide bonds. The van der Waals surface area contributed by atoms with Crippen molar-refractivity contribution in [3.8, 4) is 0 Å². The van der Waals surface area contributed by atoms with Crippen LogP contribution in [0.4, 0.5) is 4.79 Å². The summed E-state index contributed by atoms with van der Waals surface area (Å²) in [5, 5.41) is 6.10. The maximum absolute atomic E-state index is 12.8. The van der Waals surface area contributed by atoms with Gasteiger partial charge in [-0.1, -0.05) is 19.3 Å². The fourth-order valence-corrected chi connectivity index (χ4v) is 4.38. The van der Waals surface area contributed by atoms with Gasteiger partial charge in [0.25, 0.3) is 5.91 Å². The zero-order chi connectivity index (χ0) is 17.4. The van der Waals surface area contributed by atoms with E-state index in [1.807, 2.05) is 0 Å². The highest BCUT2D eigenvalue weighted by Gasteiger charge is 2.51. The summed E-state index contributed by atoms with van der Waals surface area (Å²) in [4.78, 5) is 40.6. The minimum Gasteiger partial charge on any atom is -0.353 e. The van der Waals surface area contributed by atoms with Gasteiger partial charge in [0.05, 0.1) is 6.67 Å². The molecule has 0 radical (unpaired) electrons. The molecule has 2 saturated heterocycles. The molecule has 2 N–H and O–H groups in total. The first-order valence-electron chi connectivity index (χ1n) is 9.74. The van der Waals surface area contributed by atoms with E-state index in [4.69, 9.17) is 0 Å². The summed E-state index contributed by atoms with van der Waals surface area (Å²) in [6, 6.07) is -0.00629. The molecule has 7 nitrogen and oxygen atoms in total. The third-order valence-corrected chi connectivity index (χ3v) is 6.18. The first-order chi connectivity index (χ1) is 12.1. The van der Waals surface area contributed by atoms with E-state index in [-0.39, 0.29) is 29.8 Å². The largest absolute Gasteiger partial charge is 0.353 e. The Morgan fingerprint density at radius 3 is 2.40 bits per heavy atom. The van der Waals surface area contributed by atoms with E-state index in [9.17, 15) is 14.4 Å². The van der Waals surface area contributed by atoms with Crippen LogP contribution in [0.15, 0.2) is 0 Å². The van der Waals surface area contributed by atoms with Crippen molar-refractivity contribution in [1.82, 2.24) is 20.4 Å². The Labute approximate surface area is 148 Å². The van der Waals surface area contributed by atoms with Crippen LogP contribution in [0.5, 0.6) is 0 Å². The molecular formula is C18H28N4O3. The smallest absolute Gasteiger partial charge is 0.326 e. The molecule has 0 atom stereocenters. The quantitative estimate of drug-likeness (QED) is 0.748. The second kappa shape index (κ2) is 6.59. The van der Waals surface area contributed by atoms with Gasteiger partial charge in [0.15, 0.2) is 0 Å². The lowest BCUT2D eigenvalue weighted by Gasteiger charge is -2.34. The van der Waals surface area contributed by atoms with Gasteiger partial charge < -0.3 is 10.6 Å². The van der Waals surface area contributed by atoms with Crippen LogP contribution in [0.2, 0.25) is 0 Å². The first kappa shape index (κ1) is 16.8. The summed E-state index contributed by atoms with van der Waals surface area (Å²) in [6.07, 6.45) is 8.51. The van der Waals surface area contributed by atoms with Crippen molar-refractivity contribution in [2.45, 2.75) is 69.4 Å². The molecule has 7 heteroatoms. The van der Waals surface area contributed by atoms with Crippen LogP contribution in [-0.4, -0.2) is 59.0 Å². The zero-order valence-corrected chi connectivity index (χ0v) is 14.8. The number of amides is 4. The SMILES string of the molecule is O=C(NC1CCN(CN2C(=O)NC3(CCCCC3)C2=O)CC1)C1CC1. The molecule has 0 bridgehead atoms. The number of carbonyl (C=O) groups excluding carboxylic acids is 3. The molecule has 4 rings (SSSR count). The van der Waals surface area contributed by atoms with E-state index < -0.39 is 5.54 Å². The highest BCUT2D eigenvalue weighted by atomic mass is 16.2. The Hall–Kier alpha value is -1.63. The number of hydrogen-bond donors (Lipinski definition) is 2. The van der Waals surface area contributed by atoms with Crippen LogP contribution in [0, 0.1) is 5.92 Å². The van der Waals surface area contributed by atoms with Crippen molar-refractivity contribution in [2.75, 3.05) is 19.8 Å². The number of imide groups is 1. The van der Waals surface area contributed by atoms with Crippen LogP contribution in [0.3, 0.4) is 0 Å². The molecular weight excluding hydrogens is 320 g/mol. The van der Waals surface area contributed by atoms with Gasteiger partial charge >= 0.3 is 6.03 Å². The number of urea groups is 1. The third-order valence-electron chi connectivity index (χ3n) is 6.18. The van der Waals surface area contributed by atoms with Crippen LogP contribution in [-0.2, 0) is 9.59 Å². The number of rotatable bonds is 4. The lowest BCUT2D eigenvalue weighted by atomic mass is 9.82. The lowest BCUT2D eigenvalue weighted by molar-refractivity contribution is -0.134. The van der Waals surface area contributed by atoms with Gasteiger partial charge in [0.2, 0.25) is 5.91 Å². The first-order valence-corrected chi connectivity index (χ1v) is 9.74. The van der Waals surface area contributed by atoms with Crippen molar-refractivity contribution in [3.63, 3.8) is 0 Å². The normalized spacial score (nSPS) is 27.6. The van der Waals surface area contributed by atoms with Gasteiger partial charge in [-0.05, 0) is 38.5 Å². The Kier molecular flexibility index (Phi) is 4.43. The Morgan fingerprint density at radius 2 is 1.76 bits per heavy atom. The van der Waals surface area contributed by atoms with E-state index in [1.54, 1.807) is 0 Å². The van der Waals surface area contributed by atoms with E-state index in [2.05, 4.69) is 15.5 Å². The number of carbonyl (C=O) groups is 3. The molecule has 0 aromatic heterocycles. The molecule has 2 saturated carbocycles. The third kappa shape index (κ3) is 3.38. The molecule has 25 heavy (non-hydrogen) atoms. The lowest BCUT2D eigenvalue weighted by Crippen LogP contribution is -2.51. The molecule has 2 aliphatic heterocycles. The number of nitrogens with one attached hydrogen (secondary N) is 2. The summed E-state index contributed by atoms with van der Waals surface area (Å²) in [5.41, 5.74) is -0.633. The molecule has 1 spiro atoms. The minimum atomic E-state index is -0.633. The molecule has 138 valence electrons. The number of piperidine rings is 1. The van der Waals surface area contributed by atoms with Crippen LogP contribution < -0.4 is 10.6 Å². The predicted octanol–water partition coefficient (Wildman–Crippen LogP) is 1.19. The van der Waals surface area contributed by atoms with E-state index in [0.29, 0.717) is 6.67 Å². The fraction of sp³-hybridized carbons (Fsp3) is 0.833. The Balaban J connectivity index is 1.28. The highest BCUT2D eigenvalue weighted by Crippen LogP contribution is 2.34. The van der Waals surface area contributed by atoms with Gasteiger partial charge in [-0.3, -0.25) is 14.5 Å². The van der Waals surface area contributed by atoms with Crippen molar-refractivity contribution in [1.29, 1.82) is 0 Å². The molecule has 2 heterocycles. The number of nitrogens with zero attached hydrogens (tertiary/aromatic N) is 2. The molecule has 4 fully saturated rings. The minimum absolute atomic E-state index is 0.0404. The van der Waals surface area contributed by atoms with Gasteiger partial charge in [-0.25, -0.2) is 9.69 Å². The number of likely N-dealkylation sites (tertiary alicyclic amines) is 1. The van der Waals surface area contributed by atoms with Crippen LogP contribution in [0.25, 0.3) is 0 Å². The Morgan fingerprint density at radius 1 is 1.08 bits per heavy atom. The molecule has 0 aromatic carbocycles. The van der Waals surface area contributed by atoms with Crippen LogP contribution >= 0.6 is 0 Å².